The molecule has 1 fully saturated rings. The molecule has 0 bridgehead atoms. The zero-order chi connectivity index (χ0) is 17.9. The Morgan fingerprint density at radius 3 is 2.44 bits per heavy atom. The van der Waals surface area contributed by atoms with Crippen molar-refractivity contribution in [3.05, 3.63) is 42.5 Å². The second-order valence-electron chi connectivity index (χ2n) is 5.56. The van der Waals surface area contributed by atoms with Crippen molar-refractivity contribution in [2.75, 3.05) is 20.2 Å². The first-order chi connectivity index (χ1) is 12.0. The van der Waals surface area contributed by atoms with E-state index in [0.717, 1.165) is 12.4 Å². The normalized spacial score (nSPS) is 16.6. The Balaban J connectivity index is 1.66. The van der Waals surface area contributed by atoms with E-state index in [1.54, 1.807) is 18.2 Å². The number of rotatable bonds is 5. The standard InChI is InChI=1S/C16H18FN3O4S/c1-23-14-4-2-3-5-15(14)25(21,22)20-8-6-13(7-9-20)24-16-18-10-12(17)11-19-16/h2-5,10-11,13H,6-9H2,1H3. The fraction of sp³-hybridized carbons (Fsp3) is 0.375. The summed E-state index contributed by atoms with van der Waals surface area (Å²) in [5, 5.41) is 0. The molecule has 0 N–H and O–H groups in total. The first-order valence-corrected chi connectivity index (χ1v) is 9.22. The lowest BCUT2D eigenvalue weighted by Gasteiger charge is -2.31. The lowest BCUT2D eigenvalue weighted by Crippen LogP contribution is -2.41. The van der Waals surface area contributed by atoms with Gasteiger partial charge >= 0.3 is 6.01 Å². The van der Waals surface area contributed by atoms with E-state index >= 15 is 0 Å². The summed E-state index contributed by atoms with van der Waals surface area (Å²) in [6.45, 7) is 0.623. The van der Waals surface area contributed by atoms with Crippen molar-refractivity contribution < 1.29 is 22.3 Å². The van der Waals surface area contributed by atoms with Crippen molar-refractivity contribution in [3.63, 3.8) is 0 Å². The number of hydrogen-bond donors (Lipinski definition) is 0. The summed E-state index contributed by atoms with van der Waals surface area (Å²) in [4.78, 5) is 7.66. The van der Waals surface area contributed by atoms with E-state index in [9.17, 15) is 12.8 Å². The molecule has 1 aromatic heterocycles. The lowest BCUT2D eigenvalue weighted by molar-refractivity contribution is 0.123. The van der Waals surface area contributed by atoms with Crippen molar-refractivity contribution in [1.82, 2.24) is 14.3 Å². The van der Waals surface area contributed by atoms with Crippen molar-refractivity contribution in [1.29, 1.82) is 0 Å². The molecule has 7 nitrogen and oxygen atoms in total. The number of hydrogen-bond acceptors (Lipinski definition) is 6. The summed E-state index contributed by atoms with van der Waals surface area (Å²) < 4.78 is 50.6. The predicted octanol–water partition coefficient (Wildman–Crippen LogP) is 1.86. The minimum atomic E-state index is -3.63. The molecule has 1 aromatic carbocycles. The molecule has 1 aliphatic rings. The molecule has 9 heteroatoms. The van der Waals surface area contributed by atoms with Crippen LogP contribution in [0.2, 0.25) is 0 Å². The van der Waals surface area contributed by atoms with Crippen LogP contribution in [0.3, 0.4) is 0 Å². The molecular weight excluding hydrogens is 349 g/mol. The SMILES string of the molecule is COc1ccccc1S(=O)(=O)N1CCC(Oc2ncc(F)cn2)CC1. The lowest BCUT2D eigenvalue weighted by atomic mass is 10.1. The van der Waals surface area contributed by atoms with Gasteiger partial charge in [0.15, 0.2) is 5.82 Å². The fourth-order valence-electron chi connectivity index (χ4n) is 2.67. The first-order valence-electron chi connectivity index (χ1n) is 7.78. The van der Waals surface area contributed by atoms with Crippen LogP contribution in [0.25, 0.3) is 0 Å². The van der Waals surface area contributed by atoms with E-state index in [1.165, 1.54) is 17.5 Å². The maximum absolute atomic E-state index is 12.8. The molecule has 0 radical (unpaired) electrons. The zero-order valence-electron chi connectivity index (χ0n) is 13.6. The third-order valence-corrected chi connectivity index (χ3v) is 5.89. The van der Waals surface area contributed by atoms with Crippen LogP contribution in [-0.4, -0.2) is 49.0 Å². The monoisotopic (exact) mass is 367 g/mol. The number of nitrogens with zero attached hydrogens (tertiary/aromatic N) is 3. The van der Waals surface area contributed by atoms with Gasteiger partial charge in [-0.2, -0.15) is 4.31 Å². The Bertz CT molecular complexity index is 822. The van der Waals surface area contributed by atoms with Gasteiger partial charge in [-0.25, -0.2) is 22.8 Å². The van der Waals surface area contributed by atoms with E-state index < -0.39 is 15.8 Å². The molecule has 25 heavy (non-hydrogen) atoms. The van der Waals surface area contributed by atoms with Gasteiger partial charge in [0, 0.05) is 13.1 Å². The third kappa shape index (κ3) is 3.88. The van der Waals surface area contributed by atoms with E-state index in [0.29, 0.717) is 31.7 Å². The van der Waals surface area contributed by atoms with Gasteiger partial charge in [-0.3, -0.25) is 0 Å². The number of sulfonamides is 1. The summed E-state index contributed by atoms with van der Waals surface area (Å²) in [6, 6.07) is 6.63. The van der Waals surface area contributed by atoms with Gasteiger partial charge in [0.05, 0.1) is 19.5 Å². The maximum Gasteiger partial charge on any atom is 0.316 e. The second kappa shape index (κ2) is 7.32. The van der Waals surface area contributed by atoms with Crippen LogP contribution in [0.1, 0.15) is 12.8 Å². The summed E-state index contributed by atoms with van der Waals surface area (Å²) in [6.07, 6.45) is 2.84. The Labute approximate surface area is 145 Å². The predicted molar refractivity (Wildman–Crippen MR) is 87.4 cm³/mol. The van der Waals surface area contributed by atoms with Gasteiger partial charge in [0.25, 0.3) is 0 Å². The topological polar surface area (TPSA) is 81.6 Å². The molecule has 2 heterocycles. The number of para-hydroxylation sites is 1. The van der Waals surface area contributed by atoms with Crippen molar-refractivity contribution >= 4 is 10.0 Å². The highest BCUT2D eigenvalue weighted by molar-refractivity contribution is 7.89. The zero-order valence-corrected chi connectivity index (χ0v) is 14.4. The average Bonchev–Trinajstić information content (AvgIpc) is 2.64. The highest BCUT2D eigenvalue weighted by atomic mass is 32.2. The van der Waals surface area contributed by atoms with E-state index in [-0.39, 0.29) is 17.0 Å². The van der Waals surface area contributed by atoms with Gasteiger partial charge in [-0.05, 0) is 25.0 Å². The summed E-state index contributed by atoms with van der Waals surface area (Å²) in [5.41, 5.74) is 0. The van der Waals surface area contributed by atoms with Crippen LogP contribution < -0.4 is 9.47 Å². The van der Waals surface area contributed by atoms with Crippen molar-refractivity contribution in [2.45, 2.75) is 23.8 Å². The highest BCUT2D eigenvalue weighted by Gasteiger charge is 2.32. The molecule has 3 rings (SSSR count). The molecule has 0 aliphatic carbocycles. The molecule has 0 atom stereocenters. The van der Waals surface area contributed by atoms with Crippen LogP contribution in [0.4, 0.5) is 4.39 Å². The minimum absolute atomic E-state index is 0.0902. The Morgan fingerprint density at radius 2 is 1.80 bits per heavy atom. The molecule has 0 spiro atoms. The van der Waals surface area contributed by atoms with E-state index in [1.807, 2.05) is 0 Å². The molecule has 0 saturated carbocycles. The van der Waals surface area contributed by atoms with Gasteiger partial charge in [0.2, 0.25) is 10.0 Å². The van der Waals surface area contributed by atoms with Crippen molar-refractivity contribution in [2.24, 2.45) is 0 Å². The van der Waals surface area contributed by atoms with Crippen LogP contribution >= 0.6 is 0 Å². The van der Waals surface area contributed by atoms with Crippen LogP contribution in [0.15, 0.2) is 41.6 Å². The summed E-state index contributed by atoms with van der Waals surface area (Å²) in [5.74, 6) is -0.217. The van der Waals surface area contributed by atoms with E-state index in [2.05, 4.69) is 9.97 Å². The fourth-order valence-corrected chi connectivity index (χ4v) is 4.30. The number of methoxy groups -OCH3 is 1. The largest absolute Gasteiger partial charge is 0.495 e. The first kappa shape index (κ1) is 17.6. The maximum atomic E-state index is 12.8. The van der Waals surface area contributed by atoms with Gasteiger partial charge in [0.1, 0.15) is 16.7 Å². The number of halogens is 1. The molecule has 1 saturated heterocycles. The summed E-state index contributed by atoms with van der Waals surface area (Å²) >= 11 is 0. The van der Waals surface area contributed by atoms with Gasteiger partial charge < -0.3 is 9.47 Å². The average molecular weight is 367 g/mol. The molecule has 2 aromatic rings. The quantitative estimate of drug-likeness (QED) is 0.802. The second-order valence-corrected chi connectivity index (χ2v) is 7.46. The van der Waals surface area contributed by atoms with Crippen LogP contribution in [0.5, 0.6) is 11.8 Å². The molecule has 1 aliphatic heterocycles. The Morgan fingerprint density at radius 1 is 1.16 bits per heavy atom. The van der Waals surface area contributed by atoms with Gasteiger partial charge in [-0.1, -0.05) is 12.1 Å². The number of aromatic nitrogens is 2. The van der Waals surface area contributed by atoms with E-state index in [4.69, 9.17) is 9.47 Å². The molecule has 134 valence electrons. The Kier molecular flexibility index (Phi) is 5.14. The highest BCUT2D eigenvalue weighted by Crippen LogP contribution is 2.28. The molecule has 0 amide bonds. The number of benzene rings is 1. The molecular formula is C16H18FN3O4S. The van der Waals surface area contributed by atoms with Crippen LogP contribution in [-0.2, 0) is 10.0 Å². The van der Waals surface area contributed by atoms with Crippen LogP contribution in [0, 0.1) is 5.82 Å². The minimum Gasteiger partial charge on any atom is -0.495 e. The number of ether oxygens (including phenoxy) is 2. The van der Waals surface area contributed by atoms with Gasteiger partial charge in [-0.15, -0.1) is 0 Å². The Hall–Kier alpha value is -2.26. The summed E-state index contributed by atoms with van der Waals surface area (Å²) in [7, 11) is -2.19. The number of piperidine rings is 1. The smallest absolute Gasteiger partial charge is 0.316 e. The molecule has 0 unspecified atom stereocenters. The van der Waals surface area contributed by atoms with Crippen molar-refractivity contribution in [3.8, 4) is 11.8 Å². The third-order valence-electron chi connectivity index (χ3n) is 3.96.